The highest BCUT2D eigenvalue weighted by Gasteiger charge is 2.23. The van der Waals surface area contributed by atoms with E-state index in [2.05, 4.69) is 5.32 Å². The number of carbonyl (C=O) groups is 1. The molecule has 1 fully saturated rings. The number of hydrogen-bond acceptors (Lipinski definition) is 8. The number of ether oxygens (including phenoxy) is 2. The lowest BCUT2D eigenvalue weighted by atomic mass is 10.1. The number of nitro groups is 2. The van der Waals surface area contributed by atoms with Gasteiger partial charge in [0.1, 0.15) is 5.75 Å². The molecule has 1 N–H and O–H groups in total. The summed E-state index contributed by atoms with van der Waals surface area (Å²) >= 11 is 0. The van der Waals surface area contributed by atoms with Crippen molar-refractivity contribution in [1.82, 2.24) is 0 Å². The fourth-order valence-corrected chi connectivity index (χ4v) is 3.00. The molecule has 1 amide bonds. The lowest BCUT2D eigenvalue weighted by Crippen LogP contribution is -2.37. The molecule has 11 nitrogen and oxygen atoms in total. The van der Waals surface area contributed by atoms with E-state index in [1.54, 1.807) is 0 Å². The fraction of sp³-hybridized carbons (Fsp3) is 0.278. The third-order valence-corrected chi connectivity index (χ3v) is 4.43. The zero-order chi connectivity index (χ0) is 21.0. The lowest BCUT2D eigenvalue weighted by molar-refractivity contribution is -0.385. The average molecular weight is 402 g/mol. The van der Waals surface area contributed by atoms with E-state index in [-0.39, 0.29) is 28.4 Å². The van der Waals surface area contributed by atoms with Gasteiger partial charge in [-0.2, -0.15) is 0 Å². The van der Waals surface area contributed by atoms with E-state index in [0.717, 1.165) is 0 Å². The number of morpholine rings is 1. The van der Waals surface area contributed by atoms with Crippen LogP contribution in [0.5, 0.6) is 5.75 Å². The highest BCUT2D eigenvalue weighted by molar-refractivity contribution is 6.09. The number of nitrogens with one attached hydrogen (secondary N) is 1. The Labute approximate surface area is 165 Å². The van der Waals surface area contributed by atoms with Gasteiger partial charge in [-0.3, -0.25) is 25.0 Å². The third-order valence-electron chi connectivity index (χ3n) is 4.43. The first-order chi connectivity index (χ1) is 13.9. The van der Waals surface area contributed by atoms with Crippen LogP contribution in [0.15, 0.2) is 36.4 Å². The van der Waals surface area contributed by atoms with Crippen LogP contribution in [0.4, 0.5) is 22.7 Å². The molecule has 0 radical (unpaired) electrons. The molecular weight excluding hydrogens is 384 g/mol. The fourth-order valence-electron chi connectivity index (χ4n) is 3.00. The Morgan fingerprint density at radius 3 is 2.31 bits per heavy atom. The van der Waals surface area contributed by atoms with Crippen LogP contribution in [0.25, 0.3) is 0 Å². The van der Waals surface area contributed by atoms with Crippen LogP contribution in [-0.2, 0) is 4.74 Å². The Balaban J connectivity index is 1.99. The zero-order valence-electron chi connectivity index (χ0n) is 15.5. The first-order valence-corrected chi connectivity index (χ1v) is 8.65. The van der Waals surface area contributed by atoms with Crippen LogP contribution in [0.1, 0.15) is 10.4 Å². The summed E-state index contributed by atoms with van der Waals surface area (Å²) < 4.78 is 10.5. The maximum absolute atomic E-state index is 13.0. The lowest BCUT2D eigenvalue weighted by Gasteiger charge is -2.30. The van der Waals surface area contributed by atoms with Gasteiger partial charge in [0.15, 0.2) is 0 Å². The van der Waals surface area contributed by atoms with E-state index in [1.807, 2.05) is 4.90 Å². The van der Waals surface area contributed by atoms with Crippen LogP contribution in [0.3, 0.4) is 0 Å². The summed E-state index contributed by atoms with van der Waals surface area (Å²) in [7, 11) is 1.36. The number of anilines is 2. The quantitative estimate of drug-likeness (QED) is 0.575. The zero-order valence-corrected chi connectivity index (χ0v) is 15.5. The Morgan fingerprint density at radius 1 is 1.07 bits per heavy atom. The number of amides is 1. The summed E-state index contributed by atoms with van der Waals surface area (Å²) in [4.78, 5) is 35.9. The van der Waals surface area contributed by atoms with Gasteiger partial charge in [0.25, 0.3) is 17.3 Å². The van der Waals surface area contributed by atoms with Gasteiger partial charge in [0, 0.05) is 37.4 Å². The molecule has 152 valence electrons. The van der Waals surface area contributed by atoms with Crippen LogP contribution >= 0.6 is 0 Å². The predicted octanol–water partition coefficient (Wildman–Crippen LogP) is 2.60. The second kappa shape index (κ2) is 8.52. The summed E-state index contributed by atoms with van der Waals surface area (Å²) in [6.45, 7) is 1.99. The second-order valence-electron chi connectivity index (χ2n) is 6.15. The van der Waals surface area contributed by atoms with Gasteiger partial charge in [0.2, 0.25) is 0 Å². The number of carbonyl (C=O) groups excluding carboxylic acids is 1. The number of benzene rings is 2. The molecule has 11 heteroatoms. The van der Waals surface area contributed by atoms with Crippen molar-refractivity contribution >= 4 is 28.7 Å². The molecule has 1 saturated heterocycles. The minimum absolute atomic E-state index is 0.0784. The van der Waals surface area contributed by atoms with Crippen LogP contribution in [-0.4, -0.2) is 49.2 Å². The summed E-state index contributed by atoms with van der Waals surface area (Å²) in [6, 6.07) is 7.82. The van der Waals surface area contributed by atoms with Gasteiger partial charge in [0.05, 0.1) is 47.1 Å². The number of hydrogen-bond donors (Lipinski definition) is 1. The molecule has 0 aliphatic carbocycles. The first kappa shape index (κ1) is 20.0. The molecule has 0 atom stereocenters. The van der Waals surface area contributed by atoms with Crippen LogP contribution < -0.4 is 15.0 Å². The number of methoxy groups -OCH3 is 1. The standard InChI is InChI=1S/C18H18N4O7/c1-28-17-5-3-13(22(26)27)11-15(17)19-18(23)14-10-12(21(24)25)2-4-16(14)20-6-8-29-9-7-20/h2-5,10-11H,6-9H2,1H3,(H,19,23). The number of rotatable bonds is 6. The molecule has 0 bridgehead atoms. The van der Waals surface area contributed by atoms with Gasteiger partial charge in [-0.25, -0.2) is 0 Å². The van der Waals surface area contributed by atoms with Gasteiger partial charge in [-0.1, -0.05) is 0 Å². The van der Waals surface area contributed by atoms with E-state index < -0.39 is 15.8 Å². The van der Waals surface area contributed by atoms with Gasteiger partial charge in [-0.05, 0) is 12.1 Å². The summed E-state index contributed by atoms with van der Waals surface area (Å²) in [6.07, 6.45) is 0. The first-order valence-electron chi connectivity index (χ1n) is 8.65. The van der Waals surface area contributed by atoms with E-state index in [9.17, 15) is 25.0 Å². The molecule has 1 heterocycles. The van der Waals surface area contributed by atoms with Gasteiger partial charge >= 0.3 is 0 Å². The number of non-ortho nitro benzene ring substituents is 2. The van der Waals surface area contributed by atoms with E-state index in [1.165, 1.54) is 43.5 Å². The molecule has 0 unspecified atom stereocenters. The molecule has 2 aromatic carbocycles. The SMILES string of the molecule is COc1ccc([N+](=O)[O-])cc1NC(=O)c1cc([N+](=O)[O-])ccc1N1CCOCC1. The van der Waals surface area contributed by atoms with Crippen molar-refractivity contribution in [2.45, 2.75) is 0 Å². The highest BCUT2D eigenvalue weighted by atomic mass is 16.6. The molecule has 3 rings (SSSR count). The van der Waals surface area contributed by atoms with Crippen molar-refractivity contribution in [1.29, 1.82) is 0 Å². The Bertz CT molecular complexity index is 957. The predicted molar refractivity (Wildman–Crippen MR) is 104 cm³/mol. The molecule has 0 saturated carbocycles. The van der Waals surface area contributed by atoms with Gasteiger partial charge < -0.3 is 19.7 Å². The minimum atomic E-state index is -0.644. The third kappa shape index (κ3) is 4.41. The van der Waals surface area contributed by atoms with Crippen molar-refractivity contribution in [3.05, 3.63) is 62.2 Å². The van der Waals surface area contributed by atoms with Crippen molar-refractivity contribution in [3.63, 3.8) is 0 Å². The van der Waals surface area contributed by atoms with Crippen molar-refractivity contribution in [2.75, 3.05) is 43.6 Å². The van der Waals surface area contributed by atoms with E-state index in [0.29, 0.717) is 32.0 Å². The van der Waals surface area contributed by atoms with Crippen LogP contribution in [0, 0.1) is 20.2 Å². The normalized spacial score (nSPS) is 13.6. The summed E-state index contributed by atoms with van der Waals surface area (Å²) in [5.74, 6) is -0.420. The second-order valence-corrected chi connectivity index (χ2v) is 6.15. The van der Waals surface area contributed by atoms with Crippen molar-refractivity contribution < 1.29 is 24.1 Å². The largest absolute Gasteiger partial charge is 0.495 e. The minimum Gasteiger partial charge on any atom is -0.495 e. The molecule has 1 aliphatic heterocycles. The van der Waals surface area contributed by atoms with E-state index >= 15 is 0 Å². The molecule has 0 spiro atoms. The van der Waals surface area contributed by atoms with Crippen molar-refractivity contribution in [3.8, 4) is 5.75 Å². The van der Waals surface area contributed by atoms with Crippen LogP contribution in [0.2, 0.25) is 0 Å². The Kier molecular flexibility index (Phi) is 5.88. The Hall–Kier alpha value is -3.73. The highest BCUT2D eigenvalue weighted by Crippen LogP contribution is 2.31. The Morgan fingerprint density at radius 2 is 1.69 bits per heavy atom. The summed E-state index contributed by atoms with van der Waals surface area (Å²) in [5, 5.41) is 24.8. The smallest absolute Gasteiger partial charge is 0.271 e. The van der Waals surface area contributed by atoms with Gasteiger partial charge in [-0.15, -0.1) is 0 Å². The number of nitrogens with zero attached hydrogens (tertiary/aromatic N) is 3. The molecule has 2 aromatic rings. The van der Waals surface area contributed by atoms with E-state index in [4.69, 9.17) is 9.47 Å². The molecule has 1 aliphatic rings. The monoisotopic (exact) mass is 402 g/mol. The topological polar surface area (TPSA) is 137 Å². The van der Waals surface area contributed by atoms with Crippen molar-refractivity contribution in [2.24, 2.45) is 0 Å². The number of nitro benzene ring substituents is 2. The maximum Gasteiger partial charge on any atom is 0.271 e. The summed E-state index contributed by atoms with van der Waals surface area (Å²) in [5.41, 5.74) is 0.216. The average Bonchev–Trinajstić information content (AvgIpc) is 2.73. The molecule has 29 heavy (non-hydrogen) atoms. The molecular formula is C18H18N4O7. The molecule has 0 aromatic heterocycles. The maximum atomic E-state index is 13.0.